The second-order valence-electron chi connectivity index (χ2n) is 4.06. The molecule has 0 amide bonds. The van der Waals surface area contributed by atoms with Crippen molar-refractivity contribution in [2.45, 2.75) is 0 Å². The molecule has 98 valence electrons. The summed E-state index contributed by atoms with van der Waals surface area (Å²) in [4.78, 5) is 30.7. The van der Waals surface area contributed by atoms with Crippen molar-refractivity contribution in [2.24, 2.45) is 0 Å². The highest BCUT2D eigenvalue weighted by Crippen LogP contribution is 2.24. The highest BCUT2D eigenvalue weighted by atomic mass is 32.1. The van der Waals surface area contributed by atoms with Gasteiger partial charge >= 0.3 is 5.97 Å². The summed E-state index contributed by atoms with van der Waals surface area (Å²) in [6, 6.07) is 10.2. The summed E-state index contributed by atoms with van der Waals surface area (Å²) < 4.78 is 0.826. The molecule has 6 heteroatoms. The maximum atomic E-state index is 11.9. The predicted octanol–water partition coefficient (Wildman–Crippen LogP) is 2.42. The molecular weight excluding hydrogens is 276 g/mol. The molecule has 0 bridgehead atoms. The van der Waals surface area contributed by atoms with Gasteiger partial charge in [0.1, 0.15) is 5.01 Å². The third-order valence-electron chi connectivity index (χ3n) is 2.76. The quantitative estimate of drug-likeness (QED) is 0.781. The maximum absolute atomic E-state index is 11.9. The molecule has 0 aliphatic rings. The highest BCUT2D eigenvalue weighted by Gasteiger charge is 2.09. The van der Waals surface area contributed by atoms with Crippen molar-refractivity contribution < 1.29 is 9.90 Å². The molecule has 1 aromatic carbocycles. The van der Waals surface area contributed by atoms with E-state index < -0.39 is 5.97 Å². The lowest BCUT2D eigenvalue weighted by atomic mass is 10.2. The molecule has 20 heavy (non-hydrogen) atoms. The number of carbonyl (C=O) groups is 1. The van der Waals surface area contributed by atoms with Crippen molar-refractivity contribution in [2.75, 3.05) is 0 Å². The Bertz CT molecular complexity index is 856. The normalized spacial score (nSPS) is 10.6. The number of rotatable bonds is 2. The van der Waals surface area contributed by atoms with Gasteiger partial charge in [-0.05, 0) is 24.3 Å². The van der Waals surface area contributed by atoms with Gasteiger partial charge in [-0.3, -0.25) is 9.78 Å². The zero-order valence-corrected chi connectivity index (χ0v) is 10.9. The second-order valence-corrected chi connectivity index (χ2v) is 5.09. The monoisotopic (exact) mass is 284 g/mol. The van der Waals surface area contributed by atoms with Gasteiger partial charge in [-0.1, -0.05) is 12.1 Å². The fourth-order valence-corrected chi connectivity index (χ4v) is 2.74. The molecule has 0 spiro atoms. The molecule has 2 aromatic heterocycles. The molecule has 5 nitrogen and oxygen atoms in total. The van der Waals surface area contributed by atoms with Crippen molar-refractivity contribution in [3.05, 3.63) is 58.5 Å². The number of carboxylic acids is 1. The zero-order chi connectivity index (χ0) is 14.1. The van der Waals surface area contributed by atoms with E-state index in [1.807, 2.05) is 12.1 Å². The third-order valence-corrected chi connectivity index (χ3v) is 3.83. The van der Waals surface area contributed by atoms with Crippen molar-refractivity contribution in [3.8, 4) is 10.7 Å². The predicted molar refractivity (Wildman–Crippen MR) is 76.1 cm³/mol. The number of hydrogen-bond acceptors (Lipinski definition) is 5. The number of carboxylic acid groups (broad SMARTS) is 1. The summed E-state index contributed by atoms with van der Waals surface area (Å²) >= 11 is 1.35. The van der Waals surface area contributed by atoms with Crippen LogP contribution in [0, 0.1) is 0 Å². The van der Waals surface area contributed by atoms with Crippen LogP contribution in [0.4, 0.5) is 0 Å². The summed E-state index contributed by atoms with van der Waals surface area (Å²) in [7, 11) is 0. The van der Waals surface area contributed by atoms with E-state index in [2.05, 4.69) is 9.97 Å². The van der Waals surface area contributed by atoms with E-state index >= 15 is 0 Å². The lowest BCUT2D eigenvalue weighted by molar-refractivity contribution is 0.0696. The Labute approximate surface area is 117 Å². The van der Waals surface area contributed by atoms with Crippen LogP contribution >= 0.6 is 11.3 Å². The number of aromatic nitrogens is 2. The van der Waals surface area contributed by atoms with Crippen LogP contribution in [-0.4, -0.2) is 21.0 Å². The van der Waals surface area contributed by atoms with Gasteiger partial charge in [-0.2, -0.15) is 4.98 Å². The van der Waals surface area contributed by atoms with Crippen molar-refractivity contribution in [1.29, 1.82) is 0 Å². The first-order valence-electron chi connectivity index (χ1n) is 5.75. The Hall–Kier alpha value is -2.60. The zero-order valence-electron chi connectivity index (χ0n) is 10.1. The third kappa shape index (κ3) is 2.17. The van der Waals surface area contributed by atoms with Gasteiger partial charge in [0.15, 0.2) is 0 Å². The van der Waals surface area contributed by atoms with Crippen LogP contribution in [-0.2, 0) is 0 Å². The minimum Gasteiger partial charge on any atom is -0.478 e. The van der Waals surface area contributed by atoms with Gasteiger partial charge in [0.05, 0.1) is 16.6 Å². The molecule has 0 aliphatic carbocycles. The Morgan fingerprint density at radius 3 is 2.65 bits per heavy atom. The van der Waals surface area contributed by atoms with E-state index in [1.165, 1.54) is 23.6 Å². The van der Waals surface area contributed by atoms with Crippen LogP contribution in [0.1, 0.15) is 10.4 Å². The number of benzene rings is 1. The molecule has 0 atom stereocenters. The molecule has 0 aliphatic heterocycles. The van der Waals surface area contributed by atoms with E-state index in [-0.39, 0.29) is 11.1 Å². The van der Waals surface area contributed by atoms with Gasteiger partial charge in [0.2, 0.25) is 0 Å². The molecule has 0 radical (unpaired) electrons. The van der Waals surface area contributed by atoms with Gasteiger partial charge in [-0.15, -0.1) is 11.3 Å². The Balaban J connectivity index is 2.14. The molecule has 2 heterocycles. The molecule has 3 rings (SSSR count). The summed E-state index contributed by atoms with van der Waals surface area (Å²) in [5.41, 5.74) is 0.281. The lowest BCUT2D eigenvalue weighted by Gasteiger charge is -2.01. The molecule has 0 fully saturated rings. The SMILES string of the molecule is O=C(O)c1ccc(-c2nc(=O)c3ccccc3s2)nc1. The average Bonchev–Trinajstić information content (AvgIpc) is 2.47. The Morgan fingerprint density at radius 1 is 1.15 bits per heavy atom. The smallest absolute Gasteiger partial charge is 0.337 e. The molecule has 3 aromatic rings. The molecular formula is C14H8N2O3S. The van der Waals surface area contributed by atoms with Crippen molar-refractivity contribution in [3.63, 3.8) is 0 Å². The fraction of sp³-hybridized carbons (Fsp3) is 0. The van der Waals surface area contributed by atoms with Crippen LogP contribution in [0.5, 0.6) is 0 Å². The summed E-state index contributed by atoms with van der Waals surface area (Å²) in [6.07, 6.45) is 1.26. The number of fused-ring (bicyclic) bond motifs is 1. The van der Waals surface area contributed by atoms with Gasteiger partial charge < -0.3 is 5.11 Å². The Kier molecular flexibility index (Phi) is 3.00. The summed E-state index contributed by atoms with van der Waals surface area (Å²) in [5.74, 6) is -1.04. The van der Waals surface area contributed by atoms with Crippen LogP contribution in [0.25, 0.3) is 20.8 Å². The first-order chi connectivity index (χ1) is 9.65. The lowest BCUT2D eigenvalue weighted by Crippen LogP contribution is -2.06. The first kappa shape index (κ1) is 12.4. The largest absolute Gasteiger partial charge is 0.478 e. The molecule has 0 unspecified atom stereocenters. The number of hydrogen-bond donors (Lipinski definition) is 1. The summed E-state index contributed by atoms with van der Waals surface area (Å²) in [6.45, 7) is 0. The second kappa shape index (κ2) is 4.82. The number of pyridine rings is 1. The van der Waals surface area contributed by atoms with Gasteiger partial charge in [0, 0.05) is 10.9 Å². The van der Waals surface area contributed by atoms with E-state index in [1.54, 1.807) is 18.2 Å². The minimum atomic E-state index is -1.04. The fourth-order valence-electron chi connectivity index (χ4n) is 1.77. The molecule has 1 N–H and O–H groups in total. The Morgan fingerprint density at radius 2 is 1.95 bits per heavy atom. The maximum Gasteiger partial charge on any atom is 0.337 e. The standard InChI is InChI=1S/C14H8N2O3S/c17-12-9-3-1-2-4-11(9)20-13(16-12)10-6-5-8(7-15-10)14(18)19/h1-7H,(H,18,19). The van der Waals surface area contributed by atoms with Gasteiger partial charge in [0.25, 0.3) is 5.56 Å². The molecule has 0 saturated heterocycles. The van der Waals surface area contributed by atoms with E-state index in [9.17, 15) is 9.59 Å². The van der Waals surface area contributed by atoms with Crippen molar-refractivity contribution in [1.82, 2.24) is 9.97 Å². The van der Waals surface area contributed by atoms with Crippen molar-refractivity contribution >= 4 is 27.4 Å². The highest BCUT2D eigenvalue weighted by molar-refractivity contribution is 7.21. The van der Waals surface area contributed by atoms with E-state index in [4.69, 9.17) is 5.11 Å². The van der Waals surface area contributed by atoms with Gasteiger partial charge in [-0.25, -0.2) is 4.79 Å². The van der Waals surface area contributed by atoms with E-state index in [0.717, 1.165) is 4.70 Å². The number of aromatic carboxylic acids is 1. The minimum absolute atomic E-state index is 0.0990. The number of nitrogens with zero attached hydrogens (tertiary/aromatic N) is 2. The van der Waals surface area contributed by atoms with Crippen LogP contribution in [0.15, 0.2) is 47.4 Å². The van der Waals surface area contributed by atoms with E-state index in [0.29, 0.717) is 16.1 Å². The summed E-state index contributed by atoms with van der Waals surface area (Å²) in [5, 5.41) is 9.88. The van der Waals surface area contributed by atoms with Crippen LogP contribution < -0.4 is 5.56 Å². The average molecular weight is 284 g/mol. The van der Waals surface area contributed by atoms with Crippen LogP contribution in [0.2, 0.25) is 0 Å². The topological polar surface area (TPSA) is 80.1 Å². The first-order valence-corrected chi connectivity index (χ1v) is 6.56. The van der Waals surface area contributed by atoms with Crippen LogP contribution in [0.3, 0.4) is 0 Å². The molecule has 0 saturated carbocycles.